The second kappa shape index (κ2) is 8.31. The number of amides is 2. The highest BCUT2D eigenvalue weighted by molar-refractivity contribution is 8.18. The van der Waals surface area contributed by atoms with Gasteiger partial charge in [-0.1, -0.05) is 12.1 Å². The molecule has 31 heavy (non-hydrogen) atoms. The maximum atomic E-state index is 12.7. The molecule has 0 aromatic heterocycles. The molecule has 0 N–H and O–H groups in total. The van der Waals surface area contributed by atoms with Crippen LogP contribution in [0.3, 0.4) is 0 Å². The third kappa shape index (κ3) is 4.19. The Kier molecular flexibility index (Phi) is 5.55. The van der Waals surface area contributed by atoms with Crippen LogP contribution in [0.25, 0.3) is 6.08 Å². The summed E-state index contributed by atoms with van der Waals surface area (Å²) in [6.45, 7) is 4.03. The van der Waals surface area contributed by atoms with Crippen LogP contribution in [0, 0.1) is 24.0 Å². The number of carbonyl (C=O) groups is 2. The highest BCUT2D eigenvalue weighted by atomic mass is 32.2. The number of nitro groups is 1. The molecule has 0 aliphatic carbocycles. The van der Waals surface area contributed by atoms with Gasteiger partial charge in [-0.15, -0.1) is 0 Å². The van der Waals surface area contributed by atoms with E-state index in [0.717, 1.165) is 27.8 Å². The summed E-state index contributed by atoms with van der Waals surface area (Å²) in [6, 6.07) is 8.47. The molecule has 2 heterocycles. The summed E-state index contributed by atoms with van der Waals surface area (Å²) in [6.07, 6.45) is 1.33. The summed E-state index contributed by atoms with van der Waals surface area (Å²) in [5, 5.41) is 11.0. The number of nitro benzene ring substituents is 1. The van der Waals surface area contributed by atoms with Gasteiger partial charge >= 0.3 is 0 Å². The van der Waals surface area contributed by atoms with E-state index in [4.69, 9.17) is 14.2 Å². The third-order valence-electron chi connectivity index (χ3n) is 4.79. The number of benzene rings is 2. The quantitative estimate of drug-likeness (QED) is 0.374. The predicted molar refractivity (Wildman–Crippen MR) is 113 cm³/mol. The Hall–Kier alpha value is -3.53. The van der Waals surface area contributed by atoms with Crippen LogP contribution in [-0.4, -0.2) is 40.9 Å². The van der Waals surface area contributed by atoms with Gasteiger partial charge in [0.05, 0.1) is 28.0 Å². The largest absolute Gasteiger partial charge is 0.491 e. The van der Waals surface area contributed by atoms with Crippen LogP contribution in [0.2, 0.25) is 0 Å². The first-order valence-electron chi connectivity index (χ1n) is 9.37. The lowest BCUT2D eigenvalue weighted by atomic mass is 10.1. The number of aryl methyl sites for hydroxylation is 2. The molecule has 2 aliphatic rings. The summed E-state index contributed by atoms with van der Waals surface area (Å²) >= 11 is 0.730. The van der Waals surface area contributed by atoms with Gasteiger partial charge in [-0.3, -0.25) is 24.6 Å². The lowest BCUT2D eigenvalue weighted by molar-refractivity contribution is -0.385. The van der Waals surface area contributed by atoms with Crippen LogP contribution in [0.15, 0.2) is 35.2 Å². The van der Waals surface area contributed by atoms with Crippen molar-refractivity contribution in [1.82, 2.24) is 4.90 Å². The fourth-order valence-electron chi connectivity index (χ4n) is 3.16. The number of hydrogen-bond acceptors (Lipinski definition) is 8. The van der Waals surface area contributed by atoms with Gasteiger partial charge in [0.2, 0.25) is 6.79 Å². The molecule has 2 amide bonds. The summed E-state index contributed by atoms with van der Waals surface area (Å²) < 4.78 is 16.2. The highest BCUT2D eigenvalue weighted by Gasteiger charge is 2.35. The molecule has 2 aromatic carbocycles. The first kappa shape index (κ1) is 20.7. The van der Waals surface area contributed by atoms with Crippen molar-refractivity contribution >= 4 is 34.7 Å². The van der Waals surface area contributed by atoms with Gasteiger partial charge in [0, 0.05) is 0 Å². The van der Waals surface area contributed by atoms with E-state index >= 15 is 0 Å². The fraction of sp³-hybridized carbons (Fsp3) is 0.238. The zero-order valence-corrected chi connectivity index (χ0v) is 17.6. The van der Waals surface area contributed by atoms with E-state index in [1.54, 1.807) is 0 Å². The molecule has 10 heteroatoms. The minimum atomic E-state index is -0.573. The lowest BCUT2D eigenvalue weighted by Gasteiger charge is -2.14. The van der Waals surface area contributed by atoms with Gasteiger partial charge in [-0.2, -0.15) is 0 Å². The molecular weight excluding hydrogens is 424 g/mol. The van der Waals surface area contributed by atoms with Crippen molar-refractivity contribution in [2.24, 2.45) is 0 Å². The van der Waals surface area contributed by atoms with Crippen LogP contribution in [0.1, 0.15) is 16.7 Å². The van der Waals surface area contributed by atoms with Gasteiger partial charge < -0.3 is 14.2 Å². The van der Waals surface area contributed by atoms with Gasteiger partial charge in [-0.05, 0) is 54.9 Å². The molecule has 0 unspecified atom stereocenters. The molecule has 2 aromatic rings. The number of rotatable bonds is 6. The first-order valence-corrected chi connectivity index (χ1v) is 10.2. The minimum Gasteiger partial charge on any atom is -0.491 e. The van der Waals surface area contributed by atoms with Gasteiger partial charge in [0.1, 0.15) is 12.4 Å². The molecule has 160 valence electrons. The van der Waals surface area contributed by atoms with Crippen LogP contribution in [0.4, 0.5) is 10.5 Å². The number of imide groups is 1. The van der Waals surface area contributed by atoms with Crippen molar-refractivity contribution in [2.75, 3.05) is 19.9 Å². The van der Waals surface area contributed by atoms with Crippen molar-refractivity contribution in [1.29, 1.82) is 0 Å². The Bertz CT molecular complexity index is 1130. The number of nitrogens with zero attached hydrogens (tertiary/aromatic N) is 2. The molecule has 0 saturated carbocycles. The van der Waals surface area contributed by atoms with E-state index in [1.807, 2.05) is 32.0 Å². The number of ether oxygens (including phenoxy) is 3. The van der Waals surface area contributed by atoms with Crippen molar-refractivity contribution in [2.45, 2.75) is 13.8 Å². The maximum absolute atomic E-state index is 12.7. The first-order chi connectivity index (χ1) is 14.8. The van der Waals surface area contributed by atoms with E-state index in [1.165, 1.54) is 18.2 Å². The topological polar surface area (TPSA) is 108 Å². The number of fused-ring (bicyclic) bond motifs is 1. The monoisotopic (exact) mass is 442 g/mol. The minimum absolute atomic E-state index is 0.0349. The van der Waals surface area contributed by atoms with Crippen molar-refractivity contribution in [3.8, 4) is 17.2 Å². The Labute approximate surface area is 181 Å². The predicted octanol–water partition coefficient (Wildman–Crippen LogP) is 4.06. The molecular formula is C21H18N2O7S. The average Bonchev–Trinajstić information content (AvgIpc) is 3.28. The Morgan fingerprint density at radius 1 is 1.19 bits per heavy atom. The molecule has 1 saturated heterocycles. The molecule has 0 atom stereocenters. The number of carbonyl (C=O) groups excluding carboxylic acids is 2. The van der Waals surface area contributed by atoms with Crippen LogP contribution in [0.5, 0.6) is 17.2 Å². The van der Waals surface area contributed by atoms with Crippen LogP contribution < -0.4 is 14.2 Å². The SMILES string of the molecule is Cc1ccc(C)c(OCCN2C(=O)S/C(=C\c3cc4c(cc3[N+](=O)[O-])OCO4)C2=O)c1. The maximum Gasteiger partial charge on any atom is 0.293 e. The molecule has 2 aliphatic heterocycles. The third-order valence-corrected chi connectivity index (χ3v) is 5.70. The zero-order chi connectivity index (χ0) is 22.1. The number of hydrogen-bond donors (Lipinski definition) is 0. The van der Waals surface area contributed by atoms with Crippen LogP contribution >= 0.6 is 11.8 Å². The summed E-state index contributed by atoms with van der Waals surface area (Å²) in [7, 11) is 0. The molecule has 4 rings (SSSR count). The molecule has 9 nitrogen and oxygen atoms in total. The fourth-order valence-corrected chi connectivity index (χ4v) is 4.02. The van der Waals surface area contributed by atoms with E-state index in [9.17, 15) is 19.7 Å². The number of thioether (sulfide) groups is 1. The van der Waals surface area contributed by atoms with Crippen molar-refractivity contribution in [3.05, 3.63) is 62.0 Å². The van der Waals surface area contributed by atoms with E-state index < -0.39 is 16.1 Å². The average molecular weight is 442 g/mol. The Balaban J connectivity index is 1.50. The second-order valence-corrected chi connectivity index (χ2v) is 7.97. The van der Waals surface area contributed by atoms with Crippen LogP contribution in [-0.2, 0) is 4.79 Å². The summed E-state index contributed by atoms with van der Waals surface area (Å²) in [5.74, 6) is 0.781. The standard InChI is InChI=1S/C21H18N2O7S/c1-12-3-4-13(2)16(7-12)28-6-5-22-20(24)19(31-21(22)25)9-14-8-17-18(30-11-29-17)10-15(14)23(26)27/h3-4,7-10H,5-6,11H2,1-2H3/b19-9-. The van der Waals surface area contributed by atoms with Crippen molar-refractivity contribution < 1.29 is 28.7 Å². The van der Waals surface area contributed by atoms with E-state index in [-0.39, 0.29) is 41.9 Å². The molecule has 0 radical (unpaired) electrons. The normalized spacial score (nSPS) is 16.3. The lowest BCUT2D eigenvalue weighted by Crippen LogP contribution is -2.32. The second-order valence-electron chi connectivity index (χ2n) is 6.97. The van der Waals surface area contributed by atoms with Gasteiger partial charge in [0.25, 0.3) is 16.8 Å². The van der Waals surface area contributed by atoms with E-state index in [2.05, 4.69) is 0 Å². The molecule has 0 bridgehead atoms. The summed E-state index contributed by atoms with van der Waals surface area (Å²) in [4.78, 5) is 37.1. The Morgan fingerprint density at radius 3 is 2.68 bits per heavy atom. The van der Waals surface area contributed by atoms with Crippen molar-refractivity contribution in [3.63, 3.8) is 0 Å². The highest BCUT2D eigenvalue weighted by Crippen LogP contribution is 2.40. The van der Waals surface area contributed by atoms with E-state index in [0.29, 0.717) is 11.5 Å². The molecule has 1 fully saturated rings. The Morgan fingerprint density at radius 2 is 1.94 bits per heavy atom. The zero-order valence-electron chi connectivity index (χ0n) is 16.7. The summed E-state index contributed by atoms with van der Waals surface area (Å²) in [5.41, 5.74) is 1.91. The molecule has 0 spiro atoms. The van der Waals surface area contributed by atoms with Gasteiger partial charge in [0.15, 0.2) is 11.5 Å². The smallest absolute Gasteiger partial charge is 0.293 e. The van der Waals surface area contributed by atoms with Gasteiger partial charge in [-0.25, -0.2) is 0 Å².